The number of aryl methyl sites for hydroxylation is 1. The zero-order valence-corrected chi connectivity index (χ0v) is 25.4. The molecule has 0 aromatic heterocycles. The minimum Gasteiger partial charge on any atom is -0.379 e. The molecule has 3 amide bonds. The van der Waals surface area contributed by atoms with Crippen LogP contribution in [0.3, 0.4) is 0 Å². The molecule has 1 fully saturated rings. The number of benzene rings is 3. The number of halogens is 2. The van der Waals surface area contributed by atoms with Crippen molar-refractivity contribution in [2.75, 3.05) is 6.54 Å². The van der Waals surface area contributed by atoms with E-state index < -0.39 is 52.0 Å². The second-order valence-corrected chi connectivity index (χ2v) is 12.8. The van der Waals surface area contributed by atoms with Crippen molar-refractivity contribution in [2.45, 2.75) is 25.2 Å². The molecule has 3 atom stereocenters. The number of hydrogen-bond donors (Lipinski definition) is 0. The average molecular weight is 642 g/mol. The number of hydrazine groups is 1. The maximum Gasteiger partial charge on any atom is 0.339 e. The molecule has 0 spiro atoms. The summed E-state index contributed by atoms with van der Waals surface area (Å²) in [4.78, 5) is 54.2. The molecular formula is C31H26Cl2N2O7S. The van der Waals surface area contributed by atoms with Crippen LogP contribution in [0.5, 0.6) is 5.75 Å². The summed E-state index contributed by atoms with van der Waals surface area (Å²) in [6.07, 6.45) is 4.03. The van der Waals surface area contributed by atoms with Gasteiger partial charge in [-0.25, -0.2) is 5.01 Å². The van der Waals surface area contributed by atoms with Gasteiger partial charge in [0.2, 0.25) is 0 Å². The van der Waals surface area contributed by atoms with Gasteiger partial charge in [0.1, 0.15) is 17.2 Å². The van der Waals surface area contributed by atoms with Crippen molar-refractivity contribution in [1.82, 2.24) is 10.0 Å². The van der Waals surface area contributed by atoms with Crippen LogP contribution < -0.4 is 4.18 Å². The van der Waals surface area contributed by atoms with Crippen molar-refractivity contribution in [3.05, 3.63) is 106 Å². The maximum absolute atomic E-state index is 13.7. The summed E-state index contributed by atoms with van der Waals surface area (Å²) in [5, 5.41) is 1.89. The molecule has 1 heterocycles. The third-order valence-corrected chi connectivity index (χ3v) is 9.48. The van der Waals surface area contributed by atoms with Gasteiger partial charge in [0.25, 0.3) is 17.7 Å². The van der Waals surface area contributed by atoms with Crippen molar-refractivity contribution in [3.8, 4) is 5.75 Å². The quantitative estimate of drug-likeness (QED) is 0.138. The molecule has 0 radical (unpaired) electrons. The molecule has 12 heteroatoms. The number of imide groups is 1. The summed E-state index contributed by atoms with van der Waals surface area (Å²) in [5.74, 6) is -4.13. The number of rotatable bonds is 8. The Morgan fingerprint density at radius 3 is 2.21 bits per heavy atom. The summed E-state index contributed by atoms with van der Waals surface area (Å²) in [6.45, 7) is 2.99. The minimum atomic E-state index is -4.11. The van der Waals surface area contributed by atoms with Crippen molar-refractivity contribution in [1.29, 1.82) is 0 Å². The fourth-order valence-corrected chi connectivity index (χ4v) is 6.41. The zero-order chi connectivity index (χ0) is 31.1. The summed E-state index contributed by atoms with van der Waals surface area (Å²) < 4.78 is 30.5. The third kappa shape index (κ3) is 6.08. The molecule has 0 N–H and O–H groups in total. The first-order chi connectivity index (χ1) is 20.4. The third-order valence-electron chi connectivity index (χ3n) is 7.48. The van der Waals surface area contributed by atoms with E-state index in [0.717, 1.165) is 15.6 Å². The van der Waals surface area contributed by atoms with Gasteiger partial charge in [0.15, 0.2) is 5.78 Å². The number of carbonyl (C=O) groups excluding carboxylic acids is 4. The topological polar surface area (TPSA) is 118 Å². The van der Waals surface area contributed by atoms with Crippen LogP contribution in [-0.2, 0) is 19.7 Å². The molecule has 1 aliphatic heterocycles. The van der Waals surface area contributed by atoms with Gasteiger partial charge < -0.3 is 4.18 Å². The number of Topliss-reactive ketones (excluding diaryl/α,β-unsaturated/α-hetero) is 1. The zero-order valence-electron chi connectivity index (χ0n) is 23.1. The lowest BCUT2D eigenvalue weighted by molar-refractivity contribution is -0.154. The highest BCUT2D eigenvalue weighted by Crippen LogP contribution is 2.39. The Bertz CT molecular complexity index is 1760. The molecule has 1 saturated heterocycles. The largest absolute Gasteiger partial charge is 0.379 e. The smallest absolute Gasteiger partial charge is 0.339 e. The van der Waals surface area contributed by atoms with E-state index in [1.54, 1.807) is 12.1 Å². The Morgan fingerprint density at radius 2 is 1.58 bits per heavy atom. The van der Waals surface area contributed by atoms with Crippen LogP contribution in [0.1, 0.15) is 39.6 Å². The van der Waals surface area contributed by atoms with Crippen LogP contribution in [-0.4, -0.2) is 48.5 Å². The molecule has 2 aliphatic rings. The molecule has 0 saturated carbocycles. The first-order valence-corrected chi connectivity index (χ1v) is 15.5. The minimum absolute atomic E-state index is 0.0221. The number of ketones is 1. The molecule has 3 aromatic carbocycles. The Balaban J connectivity index is 1.41. The molecule has 43 heavy (non-hydrogen) atoms. The fraction of sp³-hybridized carbons (Fsp3) is 0.226. The van der Waals surface area contributed by atoms with E-state index >= 15 is 0 Å². The highest BCUT2D eigenvalue weighted by molar-refractivity contribution is 7.87. The van der Waals surface area contributed by atoms with E-state index in [4.69, 9.17) is 27.4 Å². The van der Waals surface area contributed by atoms with Gasteiger partial charge in [0.05, 0.1) is 21.9 Å². The Kier molecular flexibility index (Phi) is 8.47. The average Bonchev–Trinajstić information content (AvgIpc) is 3.23. The number of hydrogen-bond acceptors (Lipinski definition) is 7. The second kappa shape index (κ2) is 11.9. The first kappa shape index (κ1) is 30.5. The van der Waals surface area contributed by atoms with Gasteiger partial charge in [-0.1, -0.05) is 60.0 Å². The standard InChI is InChI=1S/C31H26Cl2N2O7S/c1-18-6-13-23(14-7-18)43(40,41)42-22-11-8-20(9-12-22)27(36)17-34(29(37)21-10-15-25(32)26(33)16-21)35-30(38)24-5-3-4-19(2)28(24)31(35)39/h3-4,6-16,19,24,28H,5,17H2,1-2H3/t19-,24-,28-/m1/s1. The van der Waals surface area contributed by atoms with Gasteiger partial charge >= 0.3 is 10.1 Å². The number of fused-ring (bicyclic) bond motifs is 1. The van der Waals surface area contributed by atoms with Gasteiger partial charge in [0, 0.05) is 11.1 Å². The summed E-state index contributed by atoms with van der Waals surface area (Å²) in [7, 11) is -4.11. The molecule has 9 nitrogen and oxygen atoms in total. The van der Waals surface area contributed by atoms with Crippen molar-refractivity contribution in [2.24, 2.45) is 17.8 Å². The van der Waals surface area contributed by atoms with E-state index in [0.29, 0.717) is 6.42 Å². The van der Waals surface area contributed by atoms with Crippen LogP contribution in [0.4, 0.5) is 0 Å². The van der Waals surface area contributed by atoms with Crippen molar-refractivity contribution >= 4 is 56.8 Å². The molecule has 0 bridgehead atoms. The molecule has 0 unspecified atom stereocenters. The highest BCUT2D eigenvalue weighted by atomic mass is 35.5. The SMILES string of the molecule is Cc1ccc(S(=O)(=O)Oc2ccc(C(=O)CN(C(=O)c3ccc(Cl)c(Cl)c3)N3C(=O)[C@@H]4[C@H](C)C=CC[C@H]4C3=O)cc2)cc1. The maximum atomic E-state index is 13.7. The normalized spacial score (nSPS) is 19.7. The lowest BCUT2D eigenvalue weighted by Gasteiger charge is -2.30. The van der Waals surface area contributed by atoms with Crippen LogP contribution in [0, 0.1) is 24.7 Å². The van der Waals surface area contributed by atoms with E-state index in [-0.39, 0.29) is 37.7 Å². The molecular weight excluding hydrogens is 615 g/mol. The van der Waals surface area contributed by atoms with Gasteiger partial charge in [-0.3, -0.25) is 19.2 Å². The van der Waals surface area contributed by atoms with Crippen molar-refractivity contribution < 1.29 is 31.8 Å². The number of nitrogens with zero attached hydrogens (tertiary/aromatic N) is 2. The number of amides is 3. The van der Waals surface area contributed by atoms with Crippen LogP contribution in [0.25, 0.3) is 0 Å². The lowest BCUT2D eigenvalue weighted by atomic mass is 9.78. The highest BCUT2D eigenvalue weighted by Gasteiger charge is 2.53. The Hall–Kier alpha value is -3.99. The van der Waals surface area contributed by atoms with E-state index in [9.17, 15) is 27.6 Å². The van der Waals surface area contributed by atoms with Gasteiger partial charge in [-0.05, 0) is 73.9 Å². The van der Waals surface area contributed by atoms with E-state index in [1.165, 1.54) is 54.6 Å². The van der Waals surface area contributed by atoms with Gasteiger partial charge in [-0.15, -0.1) is 0 Å². The Morgan fingerprint density at radius 1 is 0.930 bits per heavy atom. The van der Waals surface area contributed by atoms with E-state index in [2.05, 4.69) is 0 Å². The van der Waals surface area contributed by atoms with E-state index in [1.807, 2.05) is 26.0 Å². The lowest BCUT2D eigenvalue weighted by Crippen LogP contribution is -2.52. The molecule has 5 rings (SSSR count). The van der Waals surface area contributed by atoms with Crippen LogP contribution in [0.2, 0.25) is 10.0 Å². The predicted octanol–water partition coefficient (Wildman–Crippen LogP) is 5.51. The van der Waals surface area contributed by atoms with Gasteiger partial charge in [-0.2, -0.15) is 13.4 Å². The first-order valence-electron chi connectivity index (χ1n) is 13.3. The predicted molar refractivity (Wildman–Crippen MR) is 159 cm³/mol. The molecule has 222 valence electrons. The Labute approximate surface area is 258 Å². The monoisotopic (exact) mass is 640 g/mol. The number of carbonyl (C=O) groups is 4. The summed E-state index contributed by atoms with van der Waals surface area (Å²) in [5.41, 5.74) is 1.00. The van der Waals surface area contributed by atoms with Crippen molar-refractivity contribution in [3.63, 3.8) is 0 Å². The second-order valence-electron chi connectivity index (χ2n) is 10.4. The molecule has 1 aliphatic carbocycles. The number of allylic oxidation sites excluding steroid dienone is 2. The summed E-state index contributed by atoms with van der Waals surface area (Å²) >= 11 is 12.1. The van der Waals surface area contributed by atoms with Crippen LogP contribution >= 0.6 is 23.2 Å². The molecule has 3 aromatic rings. The van der Waals surface area contributed by atoms with Crippen LogP contribution in [0.15, 0.2) is 83.8 Å². The summed E-state index contributed by atoms with van der Waals surface area (Å²) in [6, 6.07) is 15.5. The fourth-order valence-electron chi connectivity index (χ4n) is 5.18.